The number of hydrogen-bond donors (Lipinski definition) is 1. The zero-order valence-corrected chi connectivity index (χ0v) is 16.7. The average Bonchev–Trinajstić information content (AvgIpc) is 3.39. The Morgan fingerprint density at radius 1 is 1.28 bits per heavy atom. The van der Waals surface area contributed by atoms with Crippen molar-refractivity contribution < 1.29 is 18.7 Å². The minimum absolute atomic E-state index is 0.0448. The fourth-order valence-corrected chi connectivity index (χ4v) is 3.48. The molecule has 0 aliphatic heterocycles. The quantitative estimate of drug-likeness (QED) is 0.503. The predicted octanol–water partition coefficient (Wildman–Crippen LogP) is 1.93. The second-order valence-corrected chi connectivity index (χ2v) is 6.99. The second kappa shape index (κ2) is 9.78. The van der Waals surface area contributed by atoms with E-state index in [4.69, 9.17) is 14.9 Å². The van der Waals surface area contributed by atoms with Crippen molar-refractivity contribution in [3.05, 3.63) is 54.7 Å². The van der Waals surface area contributed by atoms with Gasteiger partial charge in [0.25, 0.3) is 0 Å². The standard InChI is InChI=1S/C19H21N5O4S/c1-27-16-7-3-2-6-15(16)24(9-8-17(20)25)18(26)12-29-19-22-21-13-23(19)11-14-5-4-10-28-14/h2-7,10,13H,8-9,11-12H2,1H3,(H2,20,25). The summed E-state index contributed by atoms with van der Waals surface area (Å²) in [6, 6.07) is 10.8. The molecule has 0 bridgehead atoms. The lowest BCUT2D eigenvalue weighted by Gasteiger charge is -2.24. The Hall–Kier alpha value is -3.27. The third-order valence-electron chi connectivity index (χ3n) is 4.07. The maximum Gasteiger partial charge on any atom is 0.237 e. The first-order valence-corrected chi connectivity index (χ1v) is 9.81. The maximum atomic E-state index is 13.0. The molecular formula is C19H21N5O4S. The SMILES string of the molecule is COc1ccccc1N(CCC(N)=O)C(=O)CSc1nncn1Cc1ccco1. The van der Waals surface area contributed by atoms with Gasteiger partial charge in [-0.25, -0.2) is 0 Å². The lowest BCUT2D eigenvalue weighted by Crippen LogP contribution is -2.35. The summed E-state index contributed by atoms with van der Waals surface area (Å²) < 4.78 is 12.5. The molecule has 29 heavy (non-hydrogen) atoms. The maximum absolute atomic E-state index is 13.0. The van der Waals surface area contributed by atoms with Gasteiger partial charge in [-0.1, -0.05) is 23.9 Å². The second-order valence-electron chi connectivity index (χ2n) is 6.04. The van der Waals surface area contributed by atoms with Crippen molar-refractivity contribution in [2.75, 3.05) is 24.3 Å². The van der Waals surface area contributed by atoms with Gasteiger partial charge in [0, 0.05) is 13.0 Å². The van der Waals surface area contributed by atoms with Crippen molar-refractivity contribution in [1.82, 2.24) is 14.8 Å². The molecule has 0 saturated carbocycles. The summed E-state index contributed by atoms with van der Waals surface area (Å²) in [5, 5.41) is 8.58. The lowest BCUT2D eigenvalue weighted by atomic mass is 10.2. The number of amides is 2. The van der Waals surface area contributed by atoms with Crippen LogP contribution in [0.15, 0.2) is 58.6 Å². The summed E-state index contributed by atoms with van der Waals surface area (Å²) in [7, 11) is 1.53. The number of benzene rings is 1. The van der Waals surface area contributed by atoms with Gasteiger partial charge in [-0.2, -0.15) is 0 Å². The molecule has 0 radical (unpaired) electrons. The molecule has 0 fully saturated rings. The molecule has 9 nitrogen and oxygen atoms in total. The van der Waals surface area contributed by atoms with Gasteiger partial charge in [0.05, 0.1) is 31.4 Å². The predicted molar refractivity (Wildman–Crippen MR) is 108 cm³/mol. The average molecular weight is 415 g/mol. The summed E-state index contributed by atoms with van der Waals surface area (Å²) >= 11 is 1.25. The van der Waals surface area contributed by atoms with Crippen LogP contribution in [0.25, 0.3) is 0 Å². The van der Waals surface area contributed by atoms with Crippen LogP contribution < -0.4 is 15.4 Å². The van der Waals surface area contributed by atoms with Gasteiger partial charge >= 0.3 is 0 Å². The van der Waals surface area contributed by atoms with Crippen LogP contribution in [0.5, 0.6) is 5.75 Å². The van der Waals surface area contributed by atoms with E-state index in [1.165, 1.54) is 23.8 Å². The minimum atomic E-state index is -0.483. The van der Waals surface area contributed by atoms with E-state index in [9.17, 15) is 9.59 Å². The van der Waals surface area contributed by atoms with Gasteiger partial charge in [-0.15, -0.1) is 10.2 Å². The van der Waals surface area contributed by atoms with E-state index in [-0.39, 0.29) is 24.6 Å². The van der Waals surface area contributed by atoms with E-state index in [1.54, 1.807) is 41.4 Å². The number of anilines is 1. The molecule has 0 aliphatic carbocycles. The fraction of sp³-hybridized carbons (Fsp3) is 0.263. The van der Waals surface area contributed by atoms with Crippen LogP contribution >= 0.6 is 11.8 Å². The molecule has 0 saturated heterocycles. The van der Waals surface area contributed by atoms with Crippen LogP contribution in [0.1, 0.15) is 12.2 Å². The number of hydrogen-bond acceptors (Lipinski definition) is 7. The zero-order valence-electron chi connectivity index (χ0n) is 15.9. The number of aromatic nitrogens is 3. The molecule has 10 heteroatoms. The molecule has 2 heterocycles. The molecule has 2 aromatic heterocycles. The van der Waals surface area contributed by atoms with Crippen molar-refractivity contribution in [1.29, 1.82) is 0 Å². The number of thioether (sulfide) groups is 1. The number of nitrogens with zero attached hydrogens (tertiary/aromatic N) is 4. The highest BCUT2D eigenvalue weighted by Gasteiger charge is 2.21. The number of carbonyl (C=O) groups is 2. The van der Waals surface area contributed by atoms with Crippen LogP contribution in [0.4, 0.5) is 5.69 Å². The monoisotopic (exact) mass is 415 g/mol. The van der Waals surface area contributed by atoms with Crippen molar-refractivity contribution in [2.45, 2.75) is 18.1 Å². The zero-order chi connectivity index (χ0) is 20.6. The Morgan fingerprint density at radius 3 is 2.83 bits per heavy atom. The van der Waals surface area contributed by atoms with E-state index >= 15 is 0 Å². The van der Waals surface area contributed by atoms with Crippen LogP contribution in [0.3, 0.4) is 0 Å². The number of para-hydroxylation sites is 2. The molecule has 1 aromatic carbocycles. The number of rotatable bonds is 10. The Balaban J connectivity index is 1.72. The highest BCUT2D eigenvalue weighted by atomic mass is 32.2. The van der Waals surface area contributed by atoms with Crippen LogP contribution in [-0.2, 0) is 16.1 Å². The van der Waals surface area contributed by atoms with Crippen molar-refractivity contribution in [2.24, 2.45) is 5.73 Å². The number of nitrogens with two attached hydrogens (primary N) is 1. The number of methoxy groups -OCH3 is 1. The summed E-state index contributed by atoms with van der Waals surface area (Å²) in [5.41, 5.74) is 5.86. The van der Waals surface area contributed by atoms with Gasteiger partial charge in [0.1, 0.15) is 17.8 Å². The van der Waals surface area contributed by atoms with Crippen LogP contribution in [0, 0.1) is 0 Å². The Labute approximate surface area is 171 Å². The van der Waals surface area contributed by atoms with Gasteiger partial charge in [-0.05, 0) is 24.3 Å². The molecular weight excluding hydrogens is 394 g/mol. The first-order chi connectivity index (χ1) is 14.1. The molecule has 0 unspecified atom stereocenters. The molecule has 152 valence electrons. The molecule has 2 amide bonds. The minimum Gasteiger partial charge on any atom is -0.495 e. The lowest BCUT2D eigenvalue weighted by molar-refractivity contribution is -0.118. The summed E-state index contributed by atoms with van der Waals surface area (Å²) in [6.07, 6.45) is 3.23. The van der Waals surface area contributed by atoms with Crippen LogP contribution in [0.2, 0.25) is 0 Å². The molecule has 3 rings (SSSR count). The molecule has 2 N–H and O–H groups in total. The van der Waals surface area contributed by atoms with Gasteiger partial charge in [0.2, 0.25) is 11.8 Å². The van der Waals surface area contributed by atoms with Crippen molar-refractivity contribution >= 4 is 29.3 Å². The molecule has 0 spiro atoms. The normalized spacial score (nSPS) is 10.7. The van der Waals surface area contributed by atoms with Gasteiger partial charge in [0.15, 0.2) is 5.16 Å². The number of primary amides is 1. The molecule has 0 aliphatic rings. The number of furan rings is 1. The van der Waals surface area contributed by atoms with Crippen molar-refractivity contribution in [3.8, 4) is 5.75 Å². The Bertz CT molecular complexity index is 957. The van der Waals surface area contributed by atoms with Crippen molar-refractivity contribution in [3.63, 3.8) is 0 Å². The Morgan fingerprint density at radius 2 is 2.10 bits per heavy atom. The molecule has 0 atom stereocenters. The highest BCUT2D eigenvalue weighted by Crippen LogP contribution is 2.29. The first kappa shape index (κ1) is 20.5. The van der Waals surface area contributed by atoms with E-state index in [0.29, 0.717) is 23.1 Å². The first-order valence-electron chi connectivity index (χ1n) is 8.83. The molecule has 3 aromatic rings. The van der Waals surface area contributed by atoms with Crippen LogP contribution in [-0.4, -0.2) is 46.0 Å². The third kappa shape index (κ3) is 5.38. The van der Waals surface area contributed by atoms with E-state index in [2.05, 4.69) is 10.2 Å². The summed E-state index contributed by atoms with van der Waals surface area (Å²) in [4.78, 5) is 25.7. The number of ether oxygens (including phenoxy) is 1. The largest absolute Gasteiger partial charge is 0.495 e. The summed E-state index contributed by atoms with van der Waals surface area (Å²) in [5.74, 6) is 0.719. The smallest absolute Gasteiger partial charge is 0.237 e. The van der Waals surface area contributed by atoms with Gasteiger partial charge in [-0.3, -0.25) is 9.59 Å². The summed E-state index contributed by atoms with van der Waals surface area (Å²) in [6.45, 7) is 0.628. The van der Waals surface area contributed by atoms with E-state index in [1.807, 2.05) is 12.1 Å². The van der Waals surface area contributed by atoms with E-state index in [0.717, 1.165) is 5.76 Å². The van der Waals surface area contributed by atoms with E-state index < -0.39 is 5.91 Å². The third-order valence-corrected chi connectivity index (χ3v) is 5.04. The highest BCUT2D eigenvalue weighted by molar-refractivity contribution is 7.99. The van der Waals surface area contributed by atoms with Gasteiger partial charge < -0.3 is 24.4 Å². The topological polar surface area (TPSA) is 116 Å². The Kier molecular flexibility index (Phi) is 6.90. The fourth-order valence-electron chi connectivity index (χ4n) is 2.69. The number of carbonyl (C=O) groups excluding carboxylic acids is 2.